The number of aliphatic carboxylic acids is 1. The second-order valence-electron chi connectivity index (χ2n) is 8.27. The van der Waals surface area contributed by atoms with Gasteiger partial charge in [-0.15, -0.1) is 0 Å². The van der Waals surface area contributed by atoms with Crippen molar-refractivity contribution in [2.75, 3.05) is 13.3 Å². The van der Waals surface area contributed by atoms with Gasteiger partial charge >= 0.3 is 14.4 Å². The van der Waals surface area contributed by atoms with Gasteiger partial charge in [-0.25, -0.2) is 0 Å². The van der Waals surface area contributed by atoms with Crippen molar-refractivity contribution in [2.24, 2.45) is 0 Å². The molecule has 0 rings (SSSR count). The summed E-state index contributed by atoms with van der Waals surface area (Å²) in [4.78, 5) is 29.4. The first-order valence-electron chi connectivity index (χ1n) is 14.1. The third-order valence-electron chi connectivity index (χ3n) is 4.62. The van der Waals surface area contributed by atoms with Crippen molar-refractivity contribution in [1.82, 2.24) is 0 Å². The van der Waals surface area contributed by atoms with Crippen molar-refractivity contribution in [3.05, 3.63) is 12.2 Å². The summed E-state index contributed by atoms with van der Waals surface area (Å²) in [5.74, 6) is -0.675. The second kappa shape index (κ2) is 60.0. The Hall–Kier alpha value is -0.728. The van der Waals surface area contributed by atoms with Gasteiger partial charge in [-0.1, -0.05) is 115 Å². The number of hydrogen-bond acceptors (Lipinski definition) is 5. The quantitative estimate of drug-likeness (QED) is 0.0480. The molecule has 0 saturated carbocycles. The van der Waals surface area contributed by atoms with Crippen LogP contribution in [0.2, 0.25) is 0 Å². The fourth-order valence-corrected chi connectivity index (χ4v) is 2.55. The Labute approximate surface area is 244 Å². The van der Waals surface area contributed by atoms with Crippen molar-refractivity contribution >= 4 is 27.0 Å². The molecule has 0 aliphatic rings. The zero-order valence-electron chi connectivity index (χ0n) is 24.6. The maximum Gasteiger partial charge on any atom is 0.321 e. The molecule has 6 nitrogen and oxygen atoms in total. The third kappa shape index (κ3) is 95.0. The van der Waals surface area contributed by atoms with E-state index in [0.717, 1.165) is 57.5 Å². The van der Waals surface area contributed by atoms with Gasteiger partial charge < -0.3 is 15.0 Å². The van der Waals surface area contributed by atoms with Crippen molar-refractivity contribution in [3.63, 3.8) is 0 Å². The van der Waals surface area contributed by atoms with E-state index in [0.29, 0.717) is 13.0 Å². The summed E-state index contributed by atoms with van der Waals surface area (Å²) < 4.78 is 8.96. The van der Waals surface area contributed by atoms with E-state index >= 15 is 0 Å². The normalized spacial score (nSPS) is 9.14. The van der Waals surface area contributed by atoms with Crippen LogP contribution in [0.15, 0.2) is 12.2 Å². The summed E-state index contributed by atoms with van der Waals surface area (Å²) >= 11 is 0. The monoisotopic (exact) mass is 641 g/mol. The van der Waals surface area contributed by atoms with E-state index in [9.17, 15) is 14.4 Å². The van der Waals surface area contributed by atoms with Crippen LogP contribution in [0.4, 0.5) is 0 Å². The maximum absolute atomic E-state index is 9.96. The zero-order valence-corrected chi connectivity index (χ0v) is 27.1. The molecule has 0 aromatic heterocycles. The number of aliphatic hydroxyl groups excluding tert-OH is 1. The van der Waals surface area contributed by atoms with Crippen LogP contribution in [-0.4, -0.2) is 42.0 Å². The average molecular weight is 642 g/mol. The molecule has 0 aliphatic carbocycles. The number of carboxylic acids is 1. The molecule has 0 aromatic rings. The predicted octanol–water partition coefficient (Wildman–Crippen LogP) is 8.72. The smallest absolute Gasteiger partial charge is 0.321 e. The Morgan fingerprint density at radius 2 is 1.14 bits per heavy atom. The van der Waals surface area contributed by atoms with Gasteiger partial charge in [0.25, 0.3) is 0 Å². The van der Waals surface area contributed by atoms with Crippen LogP contribution in [-0.2, 0) is 39.4 Å². The van der Waals surface area contributed by atoms with Crippen LogP contribution >= 0.6 is 8.46 Å². The molecule has 0 radical (unpaired) electrons. The van der Waals surface area contributed by atoms with E-state index in [1.165, 1.54) is 64.2 Å². The van der Waals surface area contributed by atoms with Gasteiger partial charge in [-0.3, -0.25) is 9.59 Å². The van der Waals surface area contributed by atoms with Crippen LogP contribution in [0.3, 0.4) is 0 Å². The largest absolute Gasteiger partial charge is 0.481 e. The van der Waals surface area contributed by atoms with Crippen LogP contribution in [0, 0.1) is 0 Å². The summed E-state index contributed by atoms with van der Waals surface area (Å²) in [6, 6.07) is 0. The summed E-state index contributed by atoms with van der Waals surface area (Å²) in [7, 11) is -0.167. The van der Waals surface area contributed by atoms with Crippen LogP contribution < -0.4 is 0 Å². The maximum atomic E-state index is 9.96. The van der Waals surface area contributed by atoms with Crippen molar-refractivity contribution in [1.29, 1.82) is 0 Å². The van der Waals surface area contributed by atoms with Crippen molar-refractivity contribution in [2.45, 2.75) is 143 Å². The van der Waals surface area contributed by atoms with E-state index < -0.39 is 5.97 Å². The predicted molar refractivity (Wildman–Crippen MR) is 157 cm³/mol. The topological polar surface area (TPSA) is 109 Å². The zero-order chi connectivity index (χ0) is 28.5. The number of hydrogen-bond donors (Lipinski definition) is 2. The van der Waals surface area contributed by atoms with E-state index in [1.54, 1.807) is 12.7 Å². The number of carbonyl (C=O) groups excluding carboxylic acids is 2. The molecule has 0 fully saturated rings. The number of carbonyl (C=O) groups is 3. The van der Waals surface area contributed by atoms with Crippen molar-refractivity contribution < 1.29 is 49.6 Å². The van der Waals surface area contributed by atoms with Gasteiger partial charge in [0.2, 0.25) is 0 Å². The molecule has 37 heavy (non-hydrogen) atoms. The van der Waals surface area contributed by atoms with Gasteiger partial charge in [0.05, 0.1) is 0 Å². The Kier molecular flexibility index (Phi) is 79.9. The first-order valence-corrected chi connectivity index (χ1v) is 15.5. The number of rotatable bonds is 19. The van der Waals surface area contributed by atoms with Gasteiger partial charge in [0.1, 0.15) is 19.2 Å². The second-order valence-corrected chi connectivity index (χ2v) is 8.68. The minimum absolute atomic E-state index is 0. The molecular formula is C29H60O6PPd+. The van der Waals surface area contributed by atoms with Crippen LogP contribution in [0.25, 0.3) is 0 Å². The average Bonchev–Trinajstić information content (AvgIpc) is 2.87. The number of allylic oxidation sites excluding steroid dienone is 2. The molecule has 0 spiro atoms. The SMILES string of the molecule is CCCC/C=C/C=O.CCCCCCC(=O)O.CCCCCCC=O.CCCCCCCO.C[PH+]=O.[Pd]. The number of aldehydes is 2. The number of carboxylic acid groups (broad SMARTS) is 1. The third-order valence-corrected chi connectivity index (χ3v) is 4.62. The molecule has 0 heterocycles. The van der Waals surface area contributed by atoms with Crippen molar-refractivity contribution in [3.8, 4) is 0 Å². The van der Waals surface area contributed by atoms with E-state index in [2.05, 4.69) is 27.7 Å². The Morgan fingerprint density at radius 1 is 0.703 bits per heavy atom. The first kappa shape index (κ1) is 49.2. The molecular weight excluding hydrogens is 582 g/mol. The van der Waals surface area contributed by atoms with Gasteiger partial charge in [-0.05, 0) is 31.8 Å². The molecule has 1 atom stereocenters. The fourth-order valence-electron chi connectivity index (χ4n) is 2.55. The summed E-state index contributed by atoms with van der Waals surface area (Å²) in [6.45, 7) is 10.6. The summed E-state index contributed by atoms with van der Waals surface area (Å²) in [5.41, 5.74) is 0. The molecule has 226 valence electrons. The molecule has 0 amide bonds. The molecule has 2 N–H and O–H groups in total. The first-order chi connectivity index (χ1) is 17.4. The van der Waals surface area contributed by atoms with E-state index in [-0.39, 0.29) is 28.9 Å². The summed E-state index contributed by atoms with van der Waals surface area (Å²) in [5, 5.41) is 16.6. The molecule has 0 aliphatic heterocycles. The van der Waals surface area contributed by atoms with E-state index in [4.69, 9.17) is 14.8 Å². The number of aliphatic hydroxyl groups is 1. The molecule has 0 bridgehead atoms. The minimum Gasteiger partial charge on any atom is -0.481 e. The summed E-state index contributed by atoms with van der Waals surface area (Å²) in [6.07, 6.45) is 24.9. The minimum atomic E-state index is -0.675. The molecule has 0 aromatic carbocycles. The molecule has 8 heteroatoms. The van der Waals surface area contributed by atoms with Gasteiger partial charge in [0.15, 0.2) is 0 Å². The Balaban J connectivity index is -0.0000000828. The van der Waals surface area contributed by atoms with Crippen LogP contribution in [0.5, 0.6) is 0 Å². The molecule has 0 saturated heterocycles. The van der Waals surface area contributed by atoms with Gasteiger partial charge in [0, 0.05) is 39.9 Å². The Morgan fingerprint density at radius 3 is 1.51 bits per heavy atom. The number of unbranched alkanes of at least 4 members (excludes halogenated alkanes) is 13. The van der Waals surface area contributed by atoms with Gasteiger partial charge in [-0.2, -0.15) is 0 Å². The van der Waals surface area contributed by atoms with Crippen LogP contribution in [0.1, 0.15) is 143 Å². The fraction of sp³-hybridized carbons (Fsp3) is 0.828. The Bertz CT molecular complexity index is 429. The molecule has 1 unspecified atom stereocenters. The van der Waals surface area contributed by atoms with E-state index in [1.807, 2.05) is 6.08 Å². The standard InChI is InChI=1S/C7H14O2.C7H16O.C7H14O.C7H12O.CH3OP.Pd/c1-2-3-4-5-6-7(8)9;3*1-2-3-4-5-6-7-8;1-3-2;/h2-6H2,1H3,(H,8,9);8H,2-7H2,1H3;7H,2-6H2,1H3;5-7H,2-4H2,1H3;1H3;/p+1/b;;;6-5+;;.